The van der Waals surface area contributed by atoms with Crippen molar-refractivity contribution < 1.29 is 14.5 Å². The van der Waals surface area contributed by atoms with Crippen LogP contribution in [0.1, 0.15) is 19.8 Å². The van der Waals surface area contributed by atoms with Gasteiger partial charge in [0.15, 0.2) is 0 Å². The first-order valence-electron chi connectivity index (χ1n) is 6.71. The molecular formula is C12H17N5O4. The van der Waals surface area contributed by atoms with Gasteiger partial charge in [-0.3, -0.25) is 14.9 Å². The van der Waals surface area contributed by atoms with Crippen molar-refractivity contribution in [1.29, 1.82) is 0 Å². The van der Waals surface area contributed by atoms with Crippen LogP contribution in [0.3, 0.4) is 0 Å². The molecule has 0 saturated carbocycles. The summed E-state index contributed by atoms with van der Waals surface area (Å²) in [4.78, 5) is 31.7. The molecule has 0 radical (unpaired) electrons. The summed E-state index contributed by atoms with van der Waals surface area (Å²) >= 11 is 0. The lowest BCUT2D eigenvalue weighted by atomic mass is 9.98. The Balaban J connectivity index is 2.24. The molecule has 0 unspecified atom stereocenters. The average Bonchev–Trinajstić information content (AvgIpc) is 2.47. The number of nitro groups is 1. The second kappa shape index (κ2) is 6.33. The van der Waals surface area contributed by atoms with Crippen LogP contribution in [0.4, 0.5) is 17.3 Å². The lowest BCUT2D eigenvalue weighted by Crippen LogP contribution is -2.40. The fourth-order valence-corrected chi connectivity index (χ4v) is 2.41. The Kier molecular flexibility index (Phi) is 4.51. The van der Waals surface area contributed by atoms with Gasteiger partial charge in [0.05, 0.1) is 17.4 Å². The van der Waals surface area contributed by atoms with Crippen molar-refractivity contribution in [3.63, 3.8) is 0 Å². The third-order valence-corrected chi connectivity index (χ3v) is 3.35. The molecule has 2 rings (SSSR count). The number of carbonyl (C=O) groups is 1. The van der Waals surface area contributed by atoms with Crippen LogP contribution >= 0.6 is 0 Å². The zero-order valence-electron chi connectivity index (χ0n) is 11.7. The highest BCUT2D eigenvalue weighted by Gasteiger charge is 2.32. The summed E-state index contributed by atoms with van der Waals surface area (Å²) in [6, 6.07) is 0. The SMILES string of the molecule is CCOC(=O)[C@@H]1CCCN(c2ncnc(N)c2[N+](=O)[O-])C1. The summed E-state index contributed by atoms with van der Waals surface area (Å²) in [6.45, 7) is 2.97. The number of ether oxygens (including phenoxy) is 1. The Morgan fingerprint density at radius 2 is 2.38 bits per heavy atom. The van der Waals surface area contributed by atoms with Crippen LogP contribution < -0.4 is 10.6 Å². The highest BCUT2D eigenvalue weighted by molar-refractivity contribution is 5.75. The van der Waals surface area contributed by atoms with Crippen molar-refractivity contribution in [1.82, 2.24) is 9.97 Å². The Labute approximate surface area is 121 Å². The van der Waals surface area contributed by atoms with Gasteiger partial charge in [-0.15, -0.1) is 0 Å². The Morgan fingerprint density at radius 3 is 3.05 bits per heavy atom. The number of nitrogens with zero attached hydrogens (tertiary/aromatic N) is 4. The minimum atomic E-state index is -0.599. The summed E-state index contributed by atoms with van der Waals surface area (Å²) in [6.07, 6.45) is 2.61. The monoisotopic (exact) mass is 295 g/mol. The third kappa shape index (κ3) is 3.18. The molecule has 1 atom stereocenters. The predicted molar refractivity (Wildman–Crippen MR) is 74.7 cm³/mol. The summed E-state index contributed by atoms with van der Waals surface area (Å²) in [5.41, 5.74) is 5.24. The molecule has 21 heavy (non-hydrogen) atoms. The predicted octanol–water partition coefficient (Wildman–Crippen LogP) is 0.747. The summed E-state index contributed by atoms with van der Waals surface area (Å²) in [7, 11) is 0. The molecule has 1 aromatic rings. The van der Waals surface area contributed by atoms with Crippen LogP contribution in [-0.2, 0) is 9.53 Å². The number of anilines is 2. The van der Waals surface area contributed by atoms with E-state index in [1.165, 1.54) is 6.33 Å². The van der Waals surface area contributed by atoms with Crippen molar-refractivity contribution in [3.8, 4) is 0 Å². The van der Waals surface area contributed by atoms with Gasteiger partial charge in [0.1, 0.15) is 6.33 Å². The maximum atomic E-state index is 11.8. The molecule has 1 saturated heterocycles. The van der Waals surface area contributed by atoms with Crippen LogP contribution in [0.15, 0.2) is 6.33 Å². The number of hydrogen-bond donors (Lipinski definition) is 1. The number of aromatic nitrogens is 2. The molecular weight excluding hydrogens is 278 g/mol. The van der Waals surface area contributed by atoms with E-state index in [1.807, 2.05) is 0 Å². The van der Waals surface area contributed by atoms with E-state index in [-0.39, 0.29) is 29.2 Å². The number of nitrogen functional groups attached to an aromatic ring is 1. The molecule has 0 aromatic carbocycles. The zero-order valence-corrected chi connectivity index (χ0v) is 11.7. The Bertz CT molecular complexity index is 550. The maximum Gasteiger partial charge on any atom is 0.353 e. The minimum Gasteiger partial charge on any atom is -0.466 e. The van der Waals surface area contributed by atoms with E-state index in [9.17, 15) is 14.9 Å². The van der Waals surface area contributed by atoms with Crippen LogP contribution in [0.5, 0.6) is 0 Å². The third-order valence-electron chi connectivity index (χ3n) is 3.35. The zero-order chi connectivity index (χ0) is 15.4. The molecule has 114 valence electrons. The normalized spacial score (nSPS) is 18.3. The largest absolute Gasteiger partial charge is 0.466 e. The molecule has 1 aliphatic heterocycles. The minimum absolute atomic E-state index is 0.154. The summed E-state index contributed by atoms with van der Waals surface area (Å²) in [5, 5.41) is 11.1. The second-order valence-corrected chi connectivity index (χ2v) is 4.73. The first-order chi connectivity index (χ1) is 10.0. The van der Waals surface area contributed by atoms with E-state index in [0.29, 0.717) is 26.1 Å². The number of hydrogen-bond acceptors (Lipinski definition) is 8. The number of esters is 1. The van der Waals surface area contributed by atoms with Gasteiger partial charge in [-0.1, -0.05) is 0 Å². The van der Waals surface area contributed by atoms with Crippen molar-refractivity contribution in [2.45, 2.75) is 19.8 Å². The van der Waals surface area contributed by atoms with Gasteiger partial charge in [-0.05, 0) is 19.8 Å². The molecule has 0 spiro atoms. The number of piperidine rings is 1. The Hall–Kier alpha value is -2.45. The standard InChI is InChI=1S/C12H17N5O4/c1-2-21-12(18)8-4-3-5-16(6-8)11-9(17(19)20)10(13)14-7-15-11/h7-8H,2-6H2,1H3,(H2,13,14,15)/t8-/m1/s1. The van der Waals surface area contributed by atoms with Crippen molar-refractivity contribution in [2.24, 2.45) is 5.92 Å². The molecule has 1 aromatic heterocycles. The molecule has 9 nitrogen and oxygen atoms in total. The molecule has 1 fully saturated rings. The first-order valence-corrected chi connectivity index (χ1v) is 6.71. The highest BCUT2D eigenvalue weighted by Crippen LogP contribution is 2.32. The van der Waals surface area contributed by atoms with Gasteiger partial charge in [0.25, 0.3) is 0 Å². The molecule has 9 heteroatoms. The molecule has 0 bridgehead atoms. The number of carbonyl (C=O) groups excluding carboxylic acids is 1. The number of rotatable bonds is 4. The van der Waals surface area contributed by atoms with Gasteiger partial charge in [0, 0.05) is 13.1 Å². The molecule has 1 aliphatic rings. The van der Waals surface area contributed by atoms with E-state index in [4.69, 9.17) is 10.5 Å². The van der Waals surface area contributed by atoms with Gasteiger partial charge in [-0.25, -0.2) is 9.97 Å². The van der Waals surface area contributed by atoms with Crippen molar-refractivity contribution in [3.05, 3.63) is 16.4 Å². The van der Waals surface area contributed by atoms with Crippen LogP contribution in [0.25, 0.3) is 0 Å². The Morgan fingerprint density at radius 1 is 1.62 bits per heavy atom. The molecule has 2 N–H and O–H groups in total. The highest BCUT2D eigenvalue weighted by atomic mass is 16.6. The van der Waals surface area contributed by atoms with E-state index in [2.05, 4.69) is 9.97 Å². The van der Waals surface area contributed by atoms with Crippen LogP contribution in [0, 0.1) is 16.0 Å². The van der Waals surface area contributed by atoms with Gasteiger partial charge in [-0.2, -0.15) is 0 Å². The molecule has 0 amide bonds. The summed E-state index contributed by atoms with van der Waals surface area (Å²) < 4.78 is 5.01. The van der Waals surface area contributed by atoms with Crippen molar-refractivity contribution >= 4 is 23.3 Å². The van der Waals surface area contributed by atoms with Crippen LogP contribution in [0.2, 0.25) is 0 Å². The number of nitrogens with two attached hydrogens (primary N) is 1. The van der Waals surface area contributed by atoms with Gasteiger partial charge >= 0.3 is 11.7 Å². The summed E-state index contributed by atoms with van der Waals surface area (Å²) in [5.74, 6) is -0.619. The lowest BCUT2D eigenvalue weighted by molar-refractivity contribution is -0.383. The van der Waals surface area contributed by atoms with E-state index < -0.39 is 4.92 Å². The van der Waals surface area contributed by atoms with Gasteiger partial charge < -0.3 is 15.4 Å². The van der Waals surface area contributed by atoms with Crippen LogP contribution in [-0.4, -0.2) is 40.6 Å². The molecule has 0 aliphatic carbocycles. The topological polar surface area (TPSA) is 124 Å². The second-order valence-electron chi connectivity index (χ2n) is 4.73. The van der Waals surface area contributed by atoms with E-state index in [0.717, 1.165) is 6.42 Å². The van der Waals surface area contributed by atoms with E-state index in [1.54, 1.807) is 11.8 Å². The molecule has 2 heterocycles. The first kappa shape index (κ1) is 14.9. The smallest absolute Gasteiger partial charge is 0.353 e. The fourth-order valence-electron chi connectivity index (χ4n) is 2.41. The van der Waals surface area contributed by atoms with E-state index >= 15 is 0 Å². The van der Waals surface area contributed by atoms with Crippen molar-refractivity contribution in [2.75, 3.05) is 30.3 Å². The lowest BCUT2D eigenvalue weighted by Gasteiger charge is -2.31. The maximum absolute atomic E-state index is 11.8. The quantitative estimate of drug-likeness (QED) is 0.490. The van der Waals surface area contributed by atoms with Gasteiger partial charge in [0.2, 0.25) is 11.6 Å². The average molecular weight is 295 g/mol. The fraction of sp³-hybridized carbons (Fsp3) is 0.583.